The number of aromatic nitrogens is 3. The quantitative estimate of drug-likeness (QED) is 0.712. The first-order chi connectivity index (χ1) is 11.1. The van der Waals surface area contributed by atoms with Gasteiger partial charge in [0.1, 0.15) is 5.82 Å². The van der Waals surface area contributed by atoms with Crippen molar-refractivity contribution in [1.82, 2.24) is 19.3 Å². The molecule has 7 nitrogen and oxygen atoms in total. The third kappa shape index (κ3) is 3.85. The van der Waals surface area contributed by atoms with Gasteiger partial charge in [0.25, 0.3) is 0 Å². The summed E-state index contributed by atoms with van der Waals surface area (Å²) in [5, 5.41) is 7.60. The summed E-state index contributed by atoms with van der Waals surface area (Å²) in [5.41, 5.74) is 2.52. The lowest BCUT2D eigenvalue weighted by atomic mass is 10.1. The maximum Gasteiger partial charge on any atom is 0.215 e. The lowest BCUT2D eigenvalue weighted by Gasteiger charge is -2.08. The van der Waals surface area contributed by atoms with Crippen molar-refractivity contribution in [2.45, 2.75) is 12.3 Å². The standard InChI is InChI=1S/C15H17N5O2S/c1-16-23(21,22)11-13-4-2-3-12(9-13)10-18-14-5-6-15-17-7-8-20(15)19-14/h2-9,16H,10-11H2,1H3,(H,18,19). The molecule has 0 spiro atoms. The highest BCUT2D eigenvalue weighted by molar-refractivity contribution is 7.88. The molecule has 0 bridgehead atoms. The number of rotatable bonds is 6. The Morgan fingerprint density at radius 2 is 2.00 bits per heavy atom. The summed E-state index contributed by atoms with van der Waals surface area (Å²) in [4.78, 5) is 4.14. The van der Waals surface area contributed by atoms with Gasteiger partial charge in [0, 0.05) is 18.9 Å². The van der Waals surface area contributed by atoms with Gasteiger partial charge in [-0.3, -0.25) is 0 Å². The maximum absolute atomic E-state index is 11.6. The highest BCUT2D eigenvalue weighted by Gasteiger charge is 2.08. The summed E-state index contributed by atoms with van der Waals surface area (Å²) in [6.07, 6.45) is 3.47. The van der Waals surface area contributed by atoms with Crippen molar-refractivity contribution in [3.05, 3.63) is 59.9 Å². The molecule has 2 heterocycles. The normalized spacial score (nSPS) is 11.7. The van der Waals surface area contributed by atoms with Crippen LogP contribution in [-0.4, -0.2) is 30.1 Å². The van der Waals surface area contributed by atoms with Crippen LogP contribution in [-0.2, 0) is 22.3 Å². The van der Waals surface area contributed by atoms with Gasteiger partial charge in [0.2, 0.25) is 10.0 Å². The number of benzene rings is 1. The molecule has 2 N–H and O–H groups in total. The largest absolute Gasteiger partial charge is 0.365 e. The SMILES string of the molecule is CNS(=O)(=O)Cc1cccc(CNc2ccc3nccn3n2)c1. The lowest BCUT2D eigenvalue weighted by Crippen LogP contribution is -2.20. The van der Waals surface area contributed by atoms with E-state index in [0.717, 1.165) is 22.6 Å². The number of nitrogens with one attached hydrogen (secondary N) is 2. The van der Waals surface area contributed by atoms with Crippen LogP contribution < -0.4 is 10.0 Å². The van der Waals surface area contributed by atoms with E-state index >= 15 is 0 Å². The summed E-state index contributed by atoms with van der Waals surface area (Å²) in [7, 11) is -1.85. The van der Waals surface area contributed by atoms with Crippen LogP contribution in [0.4, 0.5) is 5.82 Å². The Hall–Kier alpha value is -2.45. The number of hydrogen-bond donors (Lipinski definition) is 2. The van der Waals surface area contributed by atoms with Crippen LogP contribution in [0.15, 0.2) is 48.8 Å². The second-order valence-corrected chi connectivity index (χ2v) is 7.01. The van der Waals surface area contributed by atoms with Gasteiger partial charge in [-0.1, -0.05) is 24.3 Å². The summed E-state index contributed by atoms with van der Waals surface area (Å²) in [5.74, 6) is 0.695. The van der Waals surface area contributed by atoms with Crippen molar-refractivity contribution < 1.29 is 8.42 Å². The number of sulfonamides is 1. The van der Waals surface area contributed by atoms with Gasteiger partial charge >= 0.3 is 0 Å². The minimum Gasteiger partial charge on any atom is -0.365 e. The third-order valence-corrected chi connectivity index (χ3v) is 4.72. The van der Waals surface area contributed by atoms with E-state index in [2.05, 4.69) is 20.1 Å². The van der Waals surface area contributed by atoms with Gasteiger partial charge in [0.15, 0.2) is 5.65 Å². The van der Waals surface area contributed by atoms with E-state index in [0.29, 0.717) is 6.54 Å². The fourth-order valence-corrected chi connectivity index (χ4v) is 2.99. The Balaban J connectivity index is 1.70. The molecule has 0 radical (unpaired) electrons. The Morgan fingerprint density at radius 1 is 1.17 bits per heavy atom. The Bertz CT molecular complexity index is 920. The molecule has 0 unspecified atom stereocenters. The van der Waals surface area contributed by atoms with Gasteiger partial charge in [-0.15, -0.1) is 5.10 Å². The molecule has 3 aromatic rings. The van der Waals surface area contributed by atoms with Crippen molar-refractivity contribution >= 4 is 21.5 Å². The van der Waals surface area contributed by atoms with Crippen molar-refractivity contribution in [2.75, 3.05) is 12.4 Å². The topological polar surface area (TPSA) is 88.4 Å². The number of imidazole rings is 1. The molecular formula is C15H17N5O2S. The van der Waals surface area contributed by atoms with Crippen LogP contribution in [0, 0.1) is 0 Å². The number of nitrogens with zero attached hydrogens (tertiary/aromatic N) is 3. The Morgan fingerprint density at radius 3 is 2.83 bits per heavy atom. The molecule has 0 saturated carbocycles. The van der Waals surface area contributed by atoms with Gasteiger partial charge in [-0.2, -0.15) is 0 Å². The molecule has 0 aliphatic heterocycles. The first kappa shape index (κ1) is 15.4. The second kappa shape index (κ2) is 6.35. The van der Waals surface area contributed by atoms with Gasteiger partial charge < -0.3 is 5.32 Å². The van der Waals surface area contributed by atoms with E-state index in [9.17, 15) is 8.42 Å². The molecule has 2 aromatic heterocycles. The van der Waals surface area contributed by atoms with Crippen molar-refractivity contribution in [1.29, 1.82) is 0 Å². The van der Waals surface area contributed by atoms with Crippen LogP contribution in [0.1, 0.15) is 11.1 Å². The smallest absolute Gasteiger partial charge is 0.215 e. The Labute approximate surface area is 134 Å². The van der Waals surface area contributed by atoms with Crippen LogP contribution in [0.2, 0.25) is 0 Å². The summed E-state index contributed by atoms with van der Waals surface area (Å²) >= 11 is 0. The fourth-order valence-electron chi connectivity index (χ4n) is 2.22. The van der Waals surface area contributed by atoms with E-state index in [4.69, 9.17) is 0 Å². The second-order valence-electron chi connectivity index (χ2n) is 5.09. The summed E-state index contributed by atoms with van der Waals surface area (Å²) in [6.45, 7) is 0.556. The third-order valence-electron chi connectivity index (χ3n) is 3.39. The molecule has 120 valence electrons. The zero-order valence-electron chi connectivity index (χ0n) is 12.6. The van der Waals surface area contributed by atoms with E-state index in [1.165, 1.54) is 7.05 Å². The number of fused-ring (bicyclic) bond motifs is 1. The zero-order chi connectivity index (χ0) is 16.3. The lowest BCUT2D eigenvalue weighted by molar-refractivity contribution is 0.587. The molecule has 0 fully saturated rings. The van der Waals surface area contributed by atoms with Gasteiger partial charge in [-0.05, 0) is 30.3 Å². The Kier molecular flexibility index (Phi) is 4.26. The van der Waals surface area contributed by atoms with E-state index in [1.54, 1.807) is 23.0 Å². The minimum absolute atomic E-state index is 0.0312. The predicted octanol–water partition coefficient (Wildman–Crippen LogP) is 1.39. The molecule has 0 atom stereocenters. The minimum atomic E-state index is -3.27. The van der Waals surface area contributed by atoms with E-state index < -0.39 is 10.0 Å². The highest BCUT2D eigenvalue weighted by Crippen LogP contribution is 2.11. The first-order valence-electron chi connectivity index (χ1n) is 7.09. The average molecular weight is 331 g/mol. The zero-order valence-corrected chi connectivity index (χ0v) is 13.4. The van der Waals surface area contributed by atoms with Crippen LogP contribution in [0.3, 0.4) is 0 Å². The van der Waals surface area contributed by atoms with E-state index in [-0.39, 0.29) is 5.75 Å². The van der Waals surface area contributed by atoms with Crippen molar-refractivity contribution in [2.24, 2.45) is 0 Å². The number of hydrogen-bond acceptors (Lipinski definition) is 5. The van der Waals surface area contributed by atoms with Crippen LogP contribution in [0.25, 0.3) is 5.65 Å². The molecular weight excluding hydrogens is 314 g/mol. The predicted molar refractivity (Wildman–Crippen MR) is 88.4 cm³/mol. The van der Waals surface area contributed by atoms with Gasteiger partial charge in [0.05, 0.1) is 5.75 Å². The molecule has 8 heteroatoms. The fraction of sp³-hybridized carbons (Fsp3) is 0.200. The van der Waals surface area contributed by atoms with Crippen molar-refractivity contribution in [3.8, 4) is 0 Å². The first-order valence-corrected chi connectivity index (χ1v) is 8.74. The average Bonchev–Trinajstić information content (AvgIpc) is 3.00. The molecule has 0 aliphatic carbocycles. The molecule has 0 saturated heterocycles. The summed E-state index contributed by atoms with van der Waals surface area (Å²) < 4.78 is 27.2. The van der Waals surface area contributed by atoms with Crippen molar-refractivity contribution in [3.63, 3.8) is 0 Å². The molecule has 0 amide bonds. The highest BCUT2D eigenvalue weighted by atomic mass is 32.2. The van der Waals surface area contributed by atoms with Gasteiger partial charge in [-0.25, -0.2) is 22.6 Å². The summed E-state index contributed by atoms with van der Waals surface area (Å²) in [6, 6.07) is 11.2. The number of anilines is 1. The maximum atomic E-state index is 11.6. The molecule has 1 aromatic carbocycles. The molecule has 3 rings (SSSR count). The van der Waals surface area contributed by atoms with Crippen LogP contribution >= 0.6 is 0 Å². The molecule has 0 aliphatic rings. The van der Waals surface area contributed by atoms with E-state index in [1.807, 2.05) is 30.3 Å². The van der Waals surface area contributed by atoms with Crippen LogP contribution in [0.5, 0.6) is 0 Å². The molecule has 23 heavy (non-hydrogen) atoms. The monoisotopic (exact) mass is 331 g/mol.